The van der Waals surface area contributed by atoms with E-state index < -0.39 is 6.04 Å². The number of benzene rings is 2. The normalized spacial score (nSPS) is 11.3. The summed E-state index contributed by atoms with van der Waals surface area (Å²) in [5.74, 6) is 0.571. The minimum absolute atomic E-state index is 0.190. The maximum atomic E-state index is 12.6. The van der Waals surface area contributed by atoms with Crippen LogP contribution in [0.4, 0.5) is 17.1 Å². The fourth-order valence-corrected chi connectivity index (χ4v) is 2.59. The molecule has 144 valence electrons. The topological polar surface area (TPSA) is 88.7 Å². The minimum Gasteiger partial charge on any atom is -0.495 e. The summed E-state index contributed by atoms with van der Waals surface area (Å²) < 4.78 is 10.5. The van der Waals surface area contributed by atoms with Gasteiger partial charge in [0.15, 0.2) is 0 Å². The van der Waals surface area contributed by atoms with E-state index in [0.717, 1.165) is 0 Å². The Balaban J connectivity index is 2.16. The molecule has 7 nitrogen and oxygen atoms in total. The van der Waals surface area contributed by atoms with Crippen molar-refractivity contribution in [2.24, 2.45) is 0 Å². The van der Waals surface area contributed by atoms with E-state index in [9.17, 15) is 9.59 Å². The molecule has 0 aliphatic carbocycles. The fraction of sp³-hybridized carbons (Fsp3) is 0.263. The lowest BCUT2D eigenvalue weighted by Crippen LogP contribution is -2.32. The van der Waals surface area contributed by atoms with Gasteiger partial charge in [0, 0.05) is 17.6 Å². The van der Waals surface area contributed by atoms with Gasteiger partial charge >= 0.3 is 0 Å². The lowest BCUT2D eigenvalue weighted by molar-refractivity contribution is -0.116. The van der Waals surface area contributed by atoms with Crippen LogP contribution in [0.3, 0.4) is 0 Å². The summed E-state index contributed by atoms with van der Waals surface area (Å²) in [6.07, 6.45) is 0. The molecule has 0 radical (unpaired) electrons. The standard InChI is InChI=1S/C19H22ClN3O4/c1-11(19(25)23-15-9-13(20)5-7-17(15)26-3)21-16-10-14(22-12(2)24)6-8-18(16)27-4/h5-11,21H,1-4H3,(H,22,24)(H,23,25)/t11-/m1/s1. The minimum atomic E-state index is -0.602. The van der Waals surface area contributed by atoms with Gasteiger partial charge in [0.25, 0.3) is 0 Å². The molecular weight excluding hydrogens is 370 g/mol. The third-order valence-electron chi connectivity index (χ3n) is 3.70. The first kappa shape index (κ1) is 20.4. The third-order valence-corrected chi connectivity index (χ3v) is 3.94. The van der Waals surface area contributed by atoms with Crippen LogP contribution in [-0.2, 0) is 9.59 Å². The predicted octanol–water partition coefficient (Wildman–Crippen LogP) is 3.75. The molecule has 0 spiro atoms. The van der Waals surface area contributed by atoms with Crippen LogP contribution in [0.2, 0.25) is 5.02 Å². The lowest BCUT2D eigenvalue weighted by Gasteiger charge is -2.19. The van der Waals surface area contributed by atoms with Crippen LogP contribution in [0.5, 0.6) is 11.5 Å². The molecule has 0 heterocycles. The third kappa shape index (κ3) is 5.52. The van der Waals surface area contributed by atoms with E-state index in [4.69, 9.17) is 21.1 Å². The highest BCUT2D eigenvalue weighted by Crippen LogP contribution is 2.30. The van der Waals surface area contributed by atoms with Gasteiger partial charge in [0.05, 0.1) is 25.6 Å². The van der Waals surface area contributed by atoms with Crippen LogP contribution < -0.4 is 25.4 Å². The van der Waals surface area contributed by atoms with E-state index in [1.54, 1.807) is 43.3 Å². The number of halogens is 1. The number of anilines is 3. The Morgan fingerprint density at radius 2 is 1.59 bits per heavy atom. The van der Waals surface area contributed by atoms with Gasteiger partial charge in [-0.25, -0.2) is 0 Å². The molecule has 0 aliphatic rings. The van der Waals surface area contributed by atoms with Crippen molar-refractivity contribution in [3.05, 3.63) is 41.4 Å². The molecule has 0 fully saturated rings. The zero-order valence-corrected chi connectivity index (χ0v) is 16.3. The number of amides is 2. The van der Waals surface area contributed by atoms with Gasteiger partial charge in [-0.3, -0.25) is 9.59 Å². The van der Waals surface area contributed by atoms with Crippen molar-refractivity contribution < 1.29 is 19.1 Å². The van der Waals surface area contributed by atoms with Gasteiger partial charge in [-0.05, 0) is 43.3 Å². The van der Waals surface area contributed by atoms with Gasteiger partial charge in [0.1, 0.15) is 17.5 Å². The highest BCUT2D eigenvalue weighted by atomic mass is 35.5. The summed E-state index contributed by atoms with van der Waals surface area (Å²) in [7, 11) is 3.04. The molecule has 1 atom stereocenters. The summed E-state index contributed by atoms with van der Waals surface area (Å²) >= 11 is 5.99. The molecule has 0 bridgehead atoms. The van der Waals surface area contributed by atoms with Gasteiger partial charge < -0.3 is 25.4 Å². The molecule has 0 aliphatic heterocycles. The smallest absolute Gasteiger partial charge is 0.246 e. The first-order chi connectivity index (χ1) is 12.8. The number of nitrogens with one attached hydrogen (secondary N) is 3. The van der Waals surface area contributed by atoms with Crippen molar-refractivity contribution in [3.63, 3.8) is 0 Å². The molecule has 3 N–H and O–H groups in total. The Bertz CT molecular complexity index is 842. The van der Waals surface area contributed by atoms with Crippen molar-refractivity contribution in [1.29, 1.82) is 0 Å². The van der Waals surface area contributed by atoms with Crippen LogP contribution in [-0.4, -0.2) is 32.1 Å². The van der Waals surface area contributed by atoms with Crippen molar-refractivity contribution in [2.75, 3.05) is 30.2 Å². The lowest BCUT2D eigenvalue weighted by atomic mass is 10.2. The summed E-state index contributed by atoms with van der Waals surface area (Å²) in [6.45, 7) is 3.13. The van der Waals surface area contributed by atoms with Gasteiger partial charge in [-0.2, -0.15) is 0 Å². The van der Waals surface area contributed by atoms with Crippen LogP contribution >= 0.6 is 11.6 Å². The van der Waals surface area contributed by atoms with Crippen molar-refractivity contribution in [2.45, 2.75) is 19.9 Å². The SMILES string of the molecule is COc1ccc(Cl)cc1NC(=O)[C@@H](C)Nc1cc(NC(C)=O)ccc1OC. The first-order valence-corrected chi connectivity index (χ1v) is 8.58. The molecule has 2 amide bonds. The van der Waals surface area contributed by atoms with E-state index in [1.165, 1.54) is 21.1 Å². The zero-order valence-electron chi connectivity index (χ0n) is 15.6. The second-order valence-corrected chi connectivity index (χ2v) is 6.23. The average molecular weight is 392 g/mol. The molecule has 0 saturated carbocycles. The molecule has 0 aromatic heterocycles. The fourth-order valence-electron chi connectivity index (χ4n) is 2.42. The van der Waals surface area contributed by atoms with E-state index in [1.807, 2.05) is 0 Å². The highest BCUT2D eigenvalue weighted by Gasteiger charge is 2.17. The summed E-state index contributed by atoms with van der Waals surface area (Å²) in [4.78, 5) is 23.8. The van der Waals surface area contributed by atoms with E-state index in [-0.39, 0.29) is 11.8 Å². The van der Waals surface area contributed by atoms with Gasteiger partial charge in [-0.15, -0.1) is 0 Å². The molecule has 2 rings (SSSR count). The molecule has 8 heteroatoms. The van der Waals surface area contributed by atoms with Crippen LogP contribution in [0, 0.1) is 0 Å². The highest BCUT2D eigenvalue weighted by molar-refractivity contribution is 6.31. The Labute approximate surface area is 163 Å². The number of methoxy groups -OCH3 is 2. The summed E-state index contributed by atoms with van der Waals surface area (Å²) in [5, 5.41) is 9.05. The Morgan fingerprint density at radius 3 is 2.22 bits per heavy atom. The monoisotopic (exact) mass is 391 g/mol. The number of hydrogen-bond acceptors (Lipinski definition) is 5. The van der Waals surface area contributed by atoms with Crippen LogP contribution in [0.25, 0.3) is 0 Å². The van der Waals surface area contributed by atoms with E-state index >= 15 is 0 Å². The van der Waals surface area contributed by atoms with E-state index in [2.05, 4.69) is 16.0 Å². The van der Waals surface area contributed by atoms with E-state index in [0.29, 0.717) is 33.6 Å². The van der Waals surface area contributed by atoms with Gasteiger partial charge in [0.2, 0.25) is 11.8 Å². The van der Waals surface area contributed by atoms with Crippen molar-refractivity contribution >= 4 is 40.5 Å². The number of rotatable bonds is 7. The predicted molar refractivity (Wildman–Crippen MR) is 107 cm³/mol. The Morgan fingerprint density at radius 1 is 0.963 bits per heavy atom. The summed E-state index contributed by atoms with van der Waals surface area (Å²) in [5.41, 5.74) is 1.64. The zero-order chi connectivity index (χ0) is 20.0. The quantitative estimate of drug-likeness (QED) is 0.668. The summed E-state index contributed by atoms with van der Waals surface area (Å²) in [6, 6.07) is 9.49. The second-order valence-electron chi connectivity index (χ2n) is 5.80. The molecule has 2 aromatic rings. The largest absolute Gasteiger partial charge is 0.495 e. The van der Waals surface area contributed by atoms with Crippen molar-refractivity contribution in [3.8, 4) is 11.5 Å². The molecule has 2 aromatic carbocycles. The Hall–Kier alpha value is -2.93. The number of carbonyl (C=O) groups excluding carboxylic acids is 2. The molecule has 27 heavy (non-hydrogen) atoms. The van der Waals surface area contributed by atoms with Gasteiger partial charge in [-0.1, -0.05) is 11.6 Å². The van der Waals surface area contributed by atoms with Crippen LogP contribution in [0.1, 0.15) is 13.8 Å². The van der Waals surface area contributed by atoms with Crippen LogP contribution in [0.15, 0.2) is 36.4 Å². The number of carbonyl (C=O) groups is 2. The second kappa shape index (κ2) is 9.14. The number of hydrogen-bond donors (Lipinski definition) is 3. The van der Waals surface area contributed by atoms with Crippen molar-refractivity contribution in [1.82, 2.24) is 0 Å². The Kier molecular flexibility index (Phi) is 6.90. The number of ether oxygens (including phenoxy) is 2. The molecule has 0 saturated heterocycles. The maximum Gasteiger partial charge on any atom is 0.246 e. The average Bonchev–Trinajstić information content (AvgIpc) is 2.61. The molecular formula is C19H22ClN3O4. The molecule has 0 unspecified atom stereocenters. The maximum absolute atomic E-state index is 12.6. The first-order valence-electron chi connectivity index (χ1n) is 8.20.